The minimum atomic E-state index is -0.637. The second-order valence-corrected chi connectivity index (χ2v) is 6.78. The number of nitrogens with zero attached hydrogens (tertiary/aromatic N) is 1. The summed E-state index contributed by atoms with van der Waals surface area (Å²) in [5.74, 6) is -1.03. The molecule has 3 rings (SSSR count). The Hall–Kier alpha value is -2.04. The Labute approximate surface area is 156 Å². The second-order valence-electron chi connectivity index (χ2n) is 5.94. The van der Waals surface area contributed by atoms with Gasteiger partial charge < -0.3 is 10.2 Å². The first-order valence-electron chi connectivity index (χ1n) is 8.14. The number of carbonyl (C=O) groups is 2. The average Bonchev–Trinajstić information content (AvgIpc) is 2.99. The summed E-state index contributed by atoms with van der Waals surface area (Å²) in [5.41, 5.74) is 1.74. The van der Waals surface area contributed by atoms with E-state index in [4.69, 9.17) is 23.2 Å². The van der Waals surface area contributed by atoms with Crippen molar-refractivity contribution >= 4 is 40.7 Å². The number of rotatable bonds is 5. The molecule has 0 aromatic heterocycles. The first-order valence-corrected chi connectivity index (χ1v) is 8.90. The molecule has 1 heterocycles. The maximum atomic E-state index is 12.5. The van der Waals surface area contributed by atoms with Crippen LogP contribution in [0.15, 0.2) is 48.5 Å². The van der Waals surface area contributed by atoms with Gasteiger partial charge in [-0.15, -0.1) is 0 Å². The SMILES string of the molecule is O=C(NCCc1ccccc1Cl)[C@@H]1CCN(c2ccc(Cl)cc2)C1=O. The molecule has 1 aliphatic rings. The minimum absolute atomic E-state index is 0.169. The molecule has 0 bridgehead atoms. The normalized spacial score (nSPS) is 17.0. The number of carbonyl (C=O) groups excluding carboxylic acids is 2. The van der Waals surface area contributed by atoms with Crippen LogP contribution in [0.25, 0.3) is 0 Å². The zero-order chi connectivity index (χ0) is 17.8. The number of amides is 2. The quantitative estimate of drug-likeness (QED) is 0.808. The van der Waals surface area contributed by atoms with Crippen molar-refractivity contribution < 1.29 is 9.59 Å². The van der Waals surface area contributed by atoms with Crippen LogP contribution in [-0.4, -0.2) is 24.9 Å². The fourth-order valence-corrected chi connectivity index (χ4v) is 3.30. The molecule has 130 valence electrons. The van der Waals surface area contributed by atoms with Crippen LogP contribution < -0.4 is 10.2 Å². The zero-order valence-electron chi connectivity index (χ0n) is 13.5. The molecule has 1 atom stereocenters. The van der Waals surface area contributed by atoms with Gasteiger partial charge >= 0.3 is 0 Å². The van der Waals surface area contributed by atoms with Crippen molar-refractivity contribution in [1.82, 2.24) is 5.32 Å². The summed E-state index contributed by atoms with van der Waals surface area (Å²) in [5, 5.41) is 4.14. The lowest BCUT2D eigenvalue weighted by atomic mass is 10.1. The molecule has 0 spiro atoms. The molecule has 1 aliphatic heterocycles. The number of hydrogen-bond donors (Lipinski definition) is 1. The molecule has 0 aliphatic carbocycles. The number of halogens is 2. The van der Waals surface area contributed by atoms with Gasteiger partial charge in [0.25, 0.3) is 0 Å². The van der Waals surface area contributed by atoms with Crippen molar-refractivity contribution in [2.45, 2.75) is 12.8 Å². The Bertz CT molecular complexity index is 777. The van der Waals surface area contributed by atoms with Gasteiger partial charge in [-0.3, -0.25) is 9.59 Å². The zero-order valence-corrected chi connectivity index (χ0v) is 15.1. The van der Waals surface area contributed by atoms with Crippen molar-refractivity contribution in [3.63, 3.8) is 0 Å². The predicted molar refractivity (Wildman–Crippen MR) is 100 cm³/mol. The number of anilines is 1. The van der Waals surface area contributed by atoms with Crippen molar-refractivity contribution in [1.29, 1.82) is 0 Å². The van der Waals surface area contributed by atoms with Gasteiger partial charge in [-0.25, -0.2) is 0 Å². The third-order valence-electron chi connectivity index (χ3n) is 4.31. The van der Waals surface area contributed by atoms with Crippen molar-refractivity contribution in [2.24, 2.45) is 5.92 Å². The molecule has 2 aromatic carbocycles. The monoisotopic (exact) mass is 376 g/mol. The van der Waals surface area contributed by atoms with Crippen LogP contribution in [0.4, 0.5) is 5.69 Å². The van der Waals surface area contributed by atoms with Crippen LogP contribution in [0, 0.1) is 5.92 Å². The van der Waals surface area contributed by atoms with Gasteiger partial charge in [0, 0.05) is 28.8 Å². The van der Waals surface area contributed by atoms with Crippen molar-refractivity contribution in [3.8, 4) is 0 Å². The van der Waals surface area contributed by atoms with Gasteiger partial charge in [0.15, 0.2) is 0 Å². The molecule has 4 nitrogen and oxygen atoms in total. The van der Waals surface area contributed by atoms with Gasteiger partial charge in [0.1, 0.15) is 5.92 Å². The second kappa shape index (κ2) is 7.89. The van der Waals surface area contributed by atoms with Crippen LogP contribution >= 0.6 is 23.2 Å². The average molecular weight is 377 g/mol. The summed E-state index contributed by atoms with van der Waals surface area (Å²) in [6, 6.07) is 14.6. The summed E-state index contributed by atoms with van der Waals surface area (Å²) in [6.07, 6.45) is 1.15. The smallest absolute Gasteiger partial charge is 0.239 e. The van der Waals surface area contributed by atoms with E-state index in [9.17, 15) is 9.59 Å². The van der Waals surface area contributed by atoms with Crippen LogP contribution in [0.2, 0.25) is 10.0 Å². The van der Waals surface area contributed by atoms with Gasteiger partial charge in [0.2, 0.25) is 11.8 Å². The highest BCUT2D eigenvalue weighted by Gasteiger charge is 2.37. The lowest BCUT2D eigenvalue weighted by molar-refractivity contribution is -0.132. The molecular formula is C19H18Cl2N2O2. The third kappa shape index (κ3) is 4.14. The van der Waals surface area contributed by atoms with E-state index < -0.39 is 5.92 Å². The molecule has 25 heavy (non-hydrogen) atoms. The third-order valence-corrected chi connectivity index (χ3v) is 4.93. The molecule has 6 heteroatoms. The lowest BCUT2D eigenvalue weighted by Crippen LogP contribution is -2.37. The molecule has 2 aromatic rings. The maximum absolute atomic E-state index is 12.5. The van der Waals surface area contributed by atoms with E-state index in [1.54, 1.807) is 29.2 Å². The summed E-state index contributed by atoms with van der Waals surface area (Å²) < 4.78 is 0. The predicted octanol–water partition coefficient (Wildman–Crippen LogP) is 3.71. The Morgan fingerprint density at radius 2 is 1.84 bits per heavy atom. The number of hydrogen-bond acceptors (Lipinski definition) is 2. The van der Waals surface area contributed by atoms with E-state index in [0.717, 1.165) is 11.3 Å². The molecular weight excluding hydrogens is 359 g/mol. The molecule has 0 radical (unpaired) electrons. The fourth-order valence-electron chi connectivity index (χ4n) is 2.95. The fraction of sp³-hybridized carbons (Fsp3) is 0.263. The topological polar surface area (TPSA) is 49.4 Å². The highest BCUT2D eigenvalue weighted by molar-refractivity contribution is 6.31. The van der Waals surface area contributed by atoms with E-state index >= 15 is 0 Å². The summed E-state index contributed by atoms with van der Waals surface area (Å²) >= 11 is 12.0. The molecule has 2 amide bonds. The Morgan fingerprint density at radius 1 is 1.12 bits per heavy atom. The highest BCUT2D eigenvalue weighted by atomic mass is 35.5. The molecule has 1 fully saturated rings. The number of nitrogens with one attached hydrogen (secondary N) is 1. The Morgan fingerprint density at radius 3 is 2.56 bits per heavy atom. The standard InChI is InChI=1S/C19H18Cl2N2O2/c20-14-5-7-15(8-6-14)23-12-10-16(19(23)25)18(24)22-11-9-13-3-1-2-4-17(13)21/h1-8,16H,9-12H2,(H,22,24)/t16-/m0/s1. The Balaban J connectivity index is 1.55. The van der Waals surface area contributed by atoms with Crippen LogP contribution in [0.5, 0.6) is 0 Å². The first kappa shape index (κ1) is 17.8. The van der Waals surface area contributed by atoms with E-state index in [2.05, 4.69) is 5.32 Å². The molecule has 1 N–H and O–H groups in total. The van der Waals surface area contributed by atoms with Gasteiger partial charge in [0.05, 0.1) is 0 Å². The van der Waals surface area contributed by atoms with E-state index in [1.165, 1.54) is 0 Å². The maximum Gasteiger partial charge on any atom is 0.239 e. The van der Waals surface area contributed by atoms with Crippen molar-refractivity contribution in [2.75, 3.05) is 18.0 Å². The van der Waals surface area contributed by atoms with E-state index in [-0.39, 0.29) is 11.8 Å². The molecule has 0 saturated carbocycles. The van der Waals surface area contributed by atoms with E-state index in [0.29, 0.717) is 36.0 Å². The van der Waals surface area contributed by atoms with Gasteiger partial charge in [-0.05, 0) is 48.7 Å². The molecule has 0 unspecified atom stereocenters. The van der Waals surface area contributed by atoms with Crippen molar-refractivity contribution in [3.05, 3.63) is 64.1 Å². The lowest BCUT2D eigenvalue weighted by Gasteiger charge is -2.17. The summed E-state index contributed by atoms with van der Waals surface area (Å²) in [7, 11) is 0. The van der Waals surface area contributed by atoms with Crippen LogP contribution in [0.3, 0.4) is 0 Å². The Kier molecular flexibility index (Phi) is 5.61. The van der Waals surface area contributed by atoms with Gasteiger partial charge in [-0.1, -0.05) is 41.4 Å². The summed E-state index contributed by atoms with van der Waals surface area (Å²) in [4.78, 5) is 26.5. The minimum Gasteiger partial charge on any atom is -0.355 e. The van der Waals surface area contributed by atoms with Gasteiger partial charge in [-0.2, -0.15) is 0 Å². The van der Waals surface area contributed by atoms with E-state index in [1.807, 2.05) is 24.3 Å². The van der Waals surface area contributed by atoms with Crippen LogP contribution in [0.1, 0.15) is 12.0 Å². The molecule has 1 saturated heterocycles. The van der Waals surface area contributed by atoms with Crippen LogP contribution in [-0.2, 0) is 16.0 Å². The summed E-state index contributed by atoms with van der Waals surface area (Å²) in [6.45, 7) is 0.982. The highest BCUT2D eigenvalue weighted by Crippen LogP contribution is 2.26. The first-order chi connectivity index (χ1) is 12.1. The number of benzene rings is 2. The largest absolute Gasteiger partial charge is 0.355 e.